The zero-order valence-electron chi connectivity index (χ0n) is 10.9. The SMILES string of the molecule is CCOC(=O)c1cnn(-c2nc(NC)c(F)cc2F)c1. The molecule has 2 aromatic heterocycles. The lowest BCUT2D eigenvalue weighted by Gasteiger charge is -2.06. The number of hydrogen-bond acceptors (Lipinski definition) is 5. The molecule has 8 heteroatoms. The highest BCUT2D eigenvalue weighted by Crippen LogP contribution is 2.18. The van der Waals surface area contributed by atoms with Crippen LogP contribution < -0.4 is 5.32 Å². The van der Waals surface area contributed by atoms with E-state index in [0.717, 1.165) is 4.68 Å². The van der Waals surface area contributed by atoms with Gasteiger partial charge in [0, 0.05) is 19.3 Å². The minimum absolute atomic E-state index is 0.116. The number of ether oxygens (including phenoxy) is 1. The Morgan fingerprint density at radius 3 is 2.85 bits per heavy atom. The summed E-state index contributed by atoms with van der Waals surface area (Å²) in [6, 6.07) is 0.694. The molecular weight excluding hydrogens is 270 g/mol. The van der Waals surface area contributed by atoms with Crippen molar-refractivity contribution in [2.24, 2.45) is 0 Å². The van der Waals surface area contributed by atoms with Crippen LogP contribution in [0.5, 0.6) is 0 Å². The van der Waals surface area contributed by atoms with Crippen molar-refractivity contribution in [1.29, 1.82) is 0 Å². The van der Waals surface area contributed by atoms with Gasteiger partial charge in [0.05, 0.1) is 18.4 Å². The molecule has 2 aromatic rings. The molecule has 0 aliphatic carbocycles. The summed E-state index contributed by atoms with van der Waals surface area (Å²) in [4.78, 5) is 15.3. The van der Waals surface area contributed by atoms with Gasteiger partial charge < -0.3 is 10.1 Å². The smallest absolute Gasteiger partial charge is 0.341 e. The molecule has 0 aliphatic rings. The van der Waals surface area contributed by atoms with Crippen molar-refractivity contribution in [3.63, 3.8) is 0 Å². The first-order chi connectivity index (χ1) is 9.56. The van der Waals surface area contributed by atoms with Gasteiger partial charge in [-0.2, -0.15) is 5.10 Å². The minimum atomic E-state index is -0.889. The van der Waals surface area contributed by atoms with Crippen molar-refractivity contribution in [3.05, 3.63) is 35.7 Å². The fraction of sp³-hybridized carbons (Fsp3) is 0.250. The number of rotatable bonds is 4. The third-order valence-corrected chi connectivity index (χ3v) is 2.46. The van der Waals surface area contributed by atoms with E-state index in [0.29, 0.717) is 6.07 Å². The van der Waals surface area contributed by atoms with E-state index in [1.54, 1.807) is 6.92 Å². The lowest BCUT2D eigenvalue weighted by Crippen LogP contribution is -2.07. The summed E-state index contributed by atoms with van der Waals surface area (Å²) in [6.45, 7) is 1.89. The van der Waals surface area contributed by atoms with Crippen molar-refractivity contribution in [3.8, 4) is 5.82 Å². The molecule has 0 atom stereocenters. The van der Waals surface area contributed by atoms with Gasteiger partial charge in [0.15, 0.2) is 23.3 Å². The Morgan fingerprint density at radius 2 is 2.20 bits per heavy atom. The predicted molar refractivity (Wildman–Crippen MR) is 66.8 cm³/mol. The molecule has 2 rings (SSSR count). The molecule has 20 heavy (non-hydrogen) atoms. The van der Waals surface area contributed by atoms with Crippen LogP contribution in [0, 0.1) is 11.6 Å². The number of nitrogens with one attached hydrogen (secondary N) is 1. The third kappa shape index (κ3) is 2.58. The summed E-state index contributed by atoms with van der Waals surface area (Å²) in [5.41, 5.74) is 0.156. The Labute approximate surface area is 113 Å². The number of hydrogen-bond donors (Lipinski definition) is 1. The Balaban J connectivity index is 2.39. The molecule has 0 aliphatic heterocycles. The van der Waals surface area contributed by atoms with Crippen molar-refractivity contribution in [2.75, 3.05) is 19.0 Å². The maximum Gasteiger partial charge on any atom is 0.341 e. The Hall–Kier alpha value is -2.51. The number of anilines is 1. The van der Waals surface area contributed by atoms with E-state index in [4.69, 9.17) is 4.74 Å². The van der Waals surface area contributed by atoms with E-state index in [1.165, 1.54) is 19.4 Å². The normalized spacial score (nSPS) is 10.4. The van der Waals surface area contributed by atoms with Crippen LogP contribution in [0.25, 0.3) is 5.82 Å². The topological polar surface area (TPSA) is 69.0 Å². The maximum absolute atomic E-state index is 13.7. The van der Waals surface area contributed by atoms with Crippen molar-refractivity contribution >= 4 is 11.8 Å². The van der Waals surface area contributed by atoms with Crippen LogP contribution in [0.2, 0.25) is 0 Å². The van der Waals surface area contributed by atoms with Gasteiger partial charge in [-0.25, -0.2) is 23.2 Å². The van der Waals surface area contributed by atoms with Gasteiger partial charge in [-0.15, -0.1) is 0 Å². The number of carbonyl (C=O) groups is 1. The second-order valence-corrected chi connectivity index (χ2v) is 3.77. The second kappa shape index (κ2) is 5.64. The zero-order chi connectivity index (χ0) is 14.7. The molecule has 0 unspecified atom stereocenters. The van der Waals surface area contributed by atoms with Crippen molar-refractivity contribution < 1.29 is 18.3 Å². The number of aromatic nitrogens is 3. The largest absolute Gasteiger partial charge is 0.462 e. The number of esters is 1. The second-order valence-electron chi connectivity index (χ2n) is 3.77. The van der Waals surface area contributed by atoms with E-state index in [1.807, 2.05) is 0 Å². The summed E-state index contributed by atoms with van der Waals surface area (Å²) in [6.07, 6.45) is 2.49. The quantitative estimate of drug-likeness (QED) is 0.865. The van der Waals surface area contributed by atoms with Crippen molar-refractivity contribution in [1.82, 2.24) is 14.8 Å². The van der Waals surface area contributed by atoms with Crippen LogP contribution in [-0.4, -0.2) is 34.4 Å². The predicted octanol–water partition coefficient (Wildman–Crippen LogP) is 1.76. The first-order valence-electron chi connectivity index (χ1n) is 5.82. The van der Waals surface area contributed by atoms with Crippen molar-refractivity contribution in [2.45, 2.75) is 6.92 Å². The summed E-state index contributed by atoms with van der Waals surface area (Å²) < 4.78 is 32.9. The zero-order valence-corrected chi connectivity index (χ0v) is 10.9. The lowest BCUT2D eigenvalue weighted by molar-refractivity contribution is 0.0526. The molecule has 0 fully saturated rings. The average Bonchev–Trinajstić information content (AvgIpc) is 2.89. The van der Waals surface area contributed by atoms with Gasteiger partial charge in [-0.1, -0.05) is 0 Å². The van der Waals surface area contributed by atoms with Gasteiger partial charge in [0.25, 0.3) is 0 Å². The Bertz CT molecular complexity index is 642. The first kappa shape index (κ1) is 13.9. The number of halogens is 2. The minimum Gasteiger partial charge on any atom is -0.462 e. The summed E-state index contributed by atoms with van der Waals surface area (Å²) in [7, 11) is 1.46. The highest BCUT2D eigenvalue weighted by atomic mass is 19.1. The number of nitrogens with zero attached hydrogens (tertiary/aromatic N) is 3. The molecule has 0 bridgehead atoms. The van der Waals surface area contributed by atoms with Crippen LogP contribution in [0.3, 0.4) is 0 Å². The van der Waals surface area contributed by atoms with Crippen LogP contribution in [0.1, 0.15) is 17.3 Å². The molecule has 6 nitrogen and oxygen atoms in total. The third-order valence-electron chi connectivity index (χ3n) is 2.46. The molecule has 106 valence electrons. The first-order valence-corrected chi connectivity index (χ1v) is 5.82. The van der Waals surface area contributed by atoms with E-state index < -0.39 is 17.6 Å². The lowest BCUT2D eigenvalue weighted by atomic mass is 10.3. The summed E-state index contributed by atoms with van der Waals surface area (Å²) in [5.74, 6) is -2.61. The Morgan fingerprint density at radius 1 is 1.45 bits per heavy atom. The number of carbonyl (C=O) groups excluding carboxylic acids is 1. The van der Waals surface area contributed by atoms with Gasteiger partial charge >= 0.3 is 5.97 Å². The maximum atomic E-state index is 13.7. The molecule has 0 aromatic carbocycles. The number of pyridine rings is 1. The average molecular weight is 282 g/mol. The fourth-order valence-corrected chi connectivity index (χ4v) is 1.55. The van der Waals surface area contributed by atoms with Crippen LogP contribution in [0.15, 0.2) is 18.5 Å². The van der Waals surface area contributed by atoms with Crippen LogP contribution in [-0.2, 0) is 4.74 Å². The molecular formula is C12H12F2N4O2. The molecule has 0 spiro atoms. The van der Waals surface area contributed by atoms with E-state index in [2.05, 4.69) is 15.4 Å². The van der Waals surface area contributed by atoms with Crippen LogP contribution in [0.4, 0.5) is 14.6 Å². The van der Waals surface area contributed by atoms with E-state index in [-0.39, 0.29) is 23.8 Å². The van der Waals surface area contributed by atoms with E-state index >= 15 is 0 Å². The van der Waals surface area contributed by atoms with Gasteiger partial charge in [0.2, 0.25) is 0 Å². The molecule has 0 saturated heterocycles. The molecule has 0 amide bonds. The molecule has 2 heterocycles. The Kier molecular flexibility index (Phi) is 3.92. The summed E-state index contributed by atoms with van der Waals surface area (Å²) in [5, 5.41) is 6.32. The standard InChI is InChI=1S/C12H12F2N4O2/c1-3-20-12(19)7-5-16-18(6-7)11-9(14)4-8(13)10(15-2)17-11/h4-6H,3H2,1-2H3,(H,15,17). The monoisotopic (exact) mass is 282 g/mol. The summed E-state index contributed by atoms with van der Waals surface area (Å²) >= 11 is 0. The highest BCUT2D eigenvalue weighted by Gasteiger charge is 2.16. The molecule has 0 saturated carbocycles. The molecule has 0 radical (unpaired) electrons. The molecule has 1 N–H and O–H groups in total. The van der Waals surface area contributed by atoms with Gasteiger partial charge in [-0.05, 0) is 6.92 Å². The van der Waals surface area contributed by atoms with Gasteiger partial charge in [-0.3, -0.25) is 0 Å². The van der Waals surface area contributed by atoms with Gasteiger partial charge in [0.1, 0.15) is 0 Å². The van der Waals surface area contributed by atoms with E-state index in [9.17, 15) is 13.6 Å². The fourth-order valence-electron chi connectivity index (χ4n) is 1.55. The van der Waals surface area contributed by atoms with Crippen LogP contribution >= 0.6 is 0 Å². The highest BCUT2D eigenvalue weighted by molar-refractivity contribution is 5.88.